The van der Waals surface area contributed by atoms with Crippen LogP contribution in [0.2, 0.25) is 0 Å². The molecule has 3 heteroatoms. The zero-order valence-corrected chi connectivity index (χ0v) is 10.6. The van der Waals surface area contributed by atoms with E-state index in [1.165, 1.54) is 0 Å². The molecule has 0 aliphatic carbocycles. The molecule has 0 saturated carbocycles. The molecule has 1 atom stereocenters. The van der Waals surface area contributed by atoms with E-state index in [-0.39, 0.29) is 11.9 Å². The SMILES string of the molecule is CC[C@H](NC(=O)c1ccc(C)o1)c1ccccc1. The quantitative estimate of drug-likeness (QED) is 0.893. The van der Waals surface area contributed by atoms with Gasteiger partial charge in [-0.3, -0.25) is 4.79 Å². The van der Waals surface area contributed by atoms with Crippen molar-refractivity contribution in [1.82, 2.24) is 5.32 Å². The number of benzene rings is 1. The molecule has 1 aromatic carbocycles. The highest BCUT2D eigenvalue weighted by Gasteiger charge is 2.15. The topological polar surface area (TPSA) is 42.2 Å². The maximum absolute atomic E-state index is 12.0. The number of hydrogen-bond acceptors (Lipinski definition) is 2. The highest BCUT2D eigenvalue weighted by Crippen LogP contribution is 2.17. The Kier molecular flexibility index (Phi) is 3.82. The summed E-state index contributed by atoms with van der Waals surface area (Å²) in [5, 5.41) is 2.98. The Morgan fingerprint density at radius 1 is 1.22 bits per heavy atom. The number of amides is 1. The summed E-state index contributed by atoms with van der Waals surface area (Å²) in [6, 6.07) is 13.4. The van der Waals surface area contributed by atoms with E-state index in [1.54, 1.807) is 12.1 Å². The molecule has 0 fully saturated rings. The number of furan rings is 1. The molecule has 0 bridgehead atoms. The minimum atomic E-state index is -0.168. The van der Waals surface area contributed by atoms with Crippen LogP contribution in [0, 0.1) is 6.92 Å². The van der Waals surface area contributed by atoms with Crippen molar-refractivity contribution in [3.8, 4) is 0 Å². The first-order valence-corrected chi connectivity index (χ1v) is 6.13. The minimum Gasteiger partial charge on any atom is -0.456 e. The second kappa shape index (κ2) is 5.54. The number of hydrogen-bond donors (Lipinski definition) is 1. The predicted molar refractivity (Wildman–Crippen MR) is 70.4 cm³/mol. The van der Waals surface area contributed by atoms with Crippen molar-refractivity contribution in [3.05, 3.63) is 59.5 Å². The van der Waals surface area contributed by atoms with E-state index in [4.69, 9.17) is 4.42 Å². The maximum atomic E-state index is 12.0. The van der Waals surface area contributed by atoms with Crippen LogP contribution in [-0.4, -0.2) is 5.91 Å². The average Bonchev–Trinajstić information content (AvgIpc) is 2.83. The molecule has 1 heterocycles. The van der Waals surface area contributed by atoms with E-state index in [9.17, 15) is 4.79 Å². The van der Waals surface area contributed by atoms with Gasteiger partial charge in [-0.2, -0.15) is 0 Å². The van der Waals surface area contributed by atoms with Crippen LogP contribution in [0.3, 0.4) is 0 Å². The van der Waals surface area contributed by atoms with Crippen molar-refractivity contribution in [2.75, 3.05) is 0 Å². The Hall–Kier alpha value is -2.03. The van der Waals surface area contributed by atoms with E-state index in [0.717, 1.165) is 17.7 Å². The highest BCUT2D eigenvalue weighted by atomic mass is 16.3. The summed E-state index contributed by atoms with van der Waals surface area (Å²) in [7, 11) is 0. The standard InChI is InChI=1S/C15H17NO2/c1-3-13(12-7-5-4-6-8-12)16-15(17)14-10-9-11(2)18-14/h4-10,13H,3H2,1-2H3,(H,16,17)/t13-/m0/s1. The Morgan fingerprint density at radius 3 is 2.50 bits per heavy atom. The molecule has 3 nitrogen and oxygen atoms in total. The molecule has 0 saturated heterocycles. The normalized spacial score (nSPS) is 12.1. The van der Waals surface area contributed by atoms with Gasteiger partial charge in [0.1, 0.15) is 5.76 Å². The van der Waals surface area contributed by atoms with E-state index in [1.807, 2.05) is 44.2 Å². The van der Waals surface area contributed by atoms with Crippen molar-refractivity contribution in [2.24, 2.45) is 0 Å². The molecule has 1 amide bonds. The van der Waals surface area contributed by atoms with E-state index in [0.29, 0.717) is 5.76 Å². The van der Waals surface area contributed by atoms with Crippen LogP contribution >= 0.6 is 0 Å². The van der Waals surface area contributed by atoms with Gasteiger partial charge in [-0.05, 0) is 31.0 Å². The van der Waals surface area contributed by atoms with Crippen LogP contribution in [0.1, 0.15) is 41.3 Å². The third-order valence-corrected chi connectivity index (χ3v) is 2.88. The highest BCUT2D eigenvalue weighted by molar-refractivity contribution is 5.91. The fourth-order valence-electron chi connectivity index (χ4n) is 1.89. The first-order chi connectivity index (χ1) is 8.70. The third-order valence-electron chi connectivity index (χ3n) is 2.88. The summed E-state index contributed by atoms with van der Waals surface area (Å²) in [4.78, 5) is 12.0. The Morgan fingerprint density at radius 2 is 1.94 bits per heavy atom. The van der Waals surface area contributed by atoms with Crippen LogP contribution < -0.4 is 5.32 Å². The molecular formula is C15H17NO2. The first kappa shape index (κ1) is 12.4. The van der Waals surface area contributed by atoms with Crippen LogP contribution in [0.4, 0.5) is 0 Å². The summed E-state index contributed by atoms with van der Waals surface area (Å²) in [5.41, 5.74) is 1.11. The zero-order valence-electron chi connectivity index (χ0n) is 10.6. The van der Waals surface area contributed by atoms with Crippen LogP contribution in [0.25, 0.3) is 0 Å². The lowest BCUT2D eigenvalue weighted by Gasteiger charge is -2.16. The summed E-state index contributed by atoms with van der Waals surface area (Å²) < 4.78 is 5.31. The number of carbonyl (C=O) groups excluding carboxylic acids is 1. The van der Waals surface area contributed by atoms with Gasteiger partial charge in [-0.1, -0.05) is 37.3 Å². The van der Waals surface area contributed by atoms with Gasteiger partial charge in [-0.15, -0.1) is 0 Å². The minimum absolute atomic E-state index is 0.0177. The second-order valence-electron chi connectivity index (χ2n) is 4.26. The van der Waals surface area contributed by atoms with E-state index < -0.39 is 0 Å². The summed E-state index contributed by atoms with van der Waals surface area (Å²) in [6.07, 6.45) is 0.843. The van der Waals surface area contributed by atoms with Crippen molar-refractivity contribution >= 4 is 5.91 Å². The predicted octanol–water partition coefficient (Wildman–Crippen LogP) is 3.47. The molecule has 0 aliphatic heterocycles. The Labute approximate surface area is 107 Å². The zero-order chi connectivity index (χ0) is 13.0. The van der Waals surface area contributed by atoms with Crippen LogP contribution in [0.5, 0.6) is 0 Å². The van der Waals surface area contributed by atoms with E-state index in [2.05, 4.69) is 5.32 Å². The smallest absolute Gasteiger partial charge is 0.287 e. The molecular weight excluding hydrogens is 226 g/mol. The van der Waals surface area contributed by atoms with E-state index >= 15 is 0 Å². The van der Waals surface area contributed by atoms with Gasteiger partial charge in [0.05, 0.1) is 6.04 Å². The molecule has 0 spiro atoms. The molecule has 2 aromatic rings. The van der Waals surface area contributed by atoms with Crippen molar-refractivity contribution < 1.29 is 9.21 Å². The van der Waals surface area contributed by atoms with Crippen LogP contribution in [0.15, 0.2) is 46.9 Å². The average molecular weight is 243 g/mol. The summed E-state index contributed by atoms with van der Waals surface area (Å²) >= 11 is 0. The Balaban J connectivity index is 2.10. The fraction of sp³-hybridized carbons (Fsp3) is 0.267. The number of carbonyl (C=O) groups is 1. The number of rotatable bonds is 4. The van der Waals surface area contributed by atoms with Crippen molar-refractivity contribution in [2.45, 2.75) is 26.3 Å². The monoisotopic (exact) mass is 243 g/mol. The molecule has 94 valence electrons. The van der Waals surface area contributed by atoms with Crippen molar-refractivity contribution in [1.29, 1.82) is 0 Å². The lowest BCUT2D eigenvalue weighted by Crippen LogP contribution is -2.27. The van der Waals surface area contributed by atoms with Gasteiger partial charge in [-0.25, -0.2) is 0 Å². The number of nitrogens with one attached hydrogen (secondary N) is 1. The number of aryl methyl sites for hydroxylation is 1. The molecule has 0 aliphatic rings. The molecule has 0 unspecified atom stereocenters. The lowest BCUT2D eigenvalue weighted by atomic mass is 10.0. The second-order valence-corrected chi connectivity index (χ2v) is 4.26. The van der Waals surface area contributed by atoms with Gasteiger partial charge in [0.15, 0.2) is 5.76 Å². The largest absolute Gasteiger partial charge is 0.456 e. The van der Waals surface area contributed by atoms with Gasteiger partial charge in [0.2, 0.25) is 0 Å². The van der Waals surface area contributed by atoms with Crippen molar-refractivity contribution in [3.63, 3.8) is 0 Å². The van der Waals surface area contributed by atoms with Gasteiger partial charge >= 0.3 is 0 Å². The fourth-order valence-corrected chi connectivity index (χ4v) is 1.89. The lowest BCUT2D eigenvalue weighted by molar-refractivity contribution is 0.0906. The van der Waals surface area contributed by atoms with Gasteiger partial charge < -0.3 is 9.73 Å². The molecule has 18 heavy (non-hydrogen) atoms. The Bertz CT molecular complexity index is 516. The maximum Gasteiger partial charge on any atom is 0.287 e. The third kappa shape index (κ3) is 2.80. The summed E-state index contributed by atoms with van der Waals surface area (Å²) in [5.74, 6) is 0.939. The van der Waals surface area contributed by atoms with Gasteiger partial charge in [0, 0.05) is 0 Å². The first-order valence-electron chi connectivity index (χ1n) is 6.13. The molecule has 1 N–H and O–H groups in total. The molecule has 1 aromatic heterocycles. The molecule has 2 rings (SSSR count). The molecule has 0 radical (unpaired) electrons. The summed E-state index contributed by atoms with van der Waals surface area (Å²) in [6.45, 7) is 3.87. The van der Waals surface area contributed by atoms with Crippen LogP contribution in [-0.2, 0) is 0 Å². The van der Waals surface area contributed by atoms with Gasteiger partial charge in [0.25, 0.3) is 5.91 Å².